The number of sulfonamides is 1. The highest BCUT2D eigenvalue weighted by Crippen LogP contribution is 2.39. The van der Waals surface area contributed by atoms with Gasteiger partial charge in [0.15, 0.2) is 5.03 Å². The highest BCUT2D eigenvalue weighted by molar-refractivity contribution is 7.90. The van der Waals surface area contributed by atoms with Gasteiger partial charge in [0.2, 0.25) is 0 Å². The molecule has 0 aromatic carbocycles. The quantitative estimate of drug-likeness (QED) is 0.450. The Morgan fingerprint density at radius 2 is 1.95 bits per heavy atom. The number of carbonyl (C=O) groups excluding carboxylic acids is 1. The summed E-state index contributed by atoms with van der Waals surface area (Å²) >= 11 is 0. The summed E-state index contributed by atoms with van der Waals surface area (Å²) in [5.74, 6) is 0.783. The van der Waals surface area contributed by atoms with Gasteiger partial charge in [0, 0.05) is 17.5 Å². The average molecular weight is 542 g/mol. The number of rotatable bonds is 8. The topological polar surface area (TPSA) is 118 Å². The van der Waals surface area contributed by atoms with E-state index in [1.54, 1.807) is 6.07 Å². The fourth-order valence-corrected chi connectivity index (χ4v) is 5.97. The van der Waals surface area contributed by atoms with Crippen molar-refractivity contribution < 1.29 is 13.2 Å². The Morgan fingerprint density at radius 1 is 1.26 bits per heavy atom. The minimum absolute atomic E-state index is 0.0545. The lowest BCUT2D eigenvalue weighted by molar-refractivity contribution is 0.0981. The zero-order valence-electron chi connectivity index (χ0n) is 24.0. The number of nitrogen functional groups attached to an aromatic ring is 1. The van der Waals surface area contributed by atoms with E-state index in [-0.39, 0.29) is 27.4 Å². The number of hydrogen-bond acceptors (Lipinski definition) is 7. The third-order valence-corrected chi connectivity index (χ3v) is 8.00. The van der Waals surface area contributed by atoms with Crippen LogP contribution >= 0.6 is 0 Å². The molecule has 0 saturated carbocycles. The zero-order valence-corrected chi connectivity index (χ0v) is 24.8. The van der Waals surface area contributed by atoms with Crippen LogP contribution in [0.5, 0.6) is 0 Å². The van der Waals surface area contributed by atoms with Crippen molar-refractivity contribution >= 4 is 33.6 Å². The molecule has 9 heteroatoms. The molecule has 1 aliphatic rings. The third-order valence-electron chi connectivity index (χ3n) is 6.77. The van der Waals surface area contributed by atoms with E-state index in [9.17, 15) is 13.2 Å². The van der Waals surface area contributed by atoms with Crippen LogP contribution in [0.25, 0.3) is 6.08 Å². The van der Waals surface area contributed by atoms with Crippen LogP contribution in [0.2, 0.25) is 0 Å². The summed E-state index contributed by atoms with van der Waals surface area (Å²) in [5, 5.41) is -0.310. The highest BCUT2D eigenvalue weighted by Gasteiger charge is 2.40. The summed E-state index contributed by atoms with van der Waals surface area (Å²) < 4.78 is 28.3. The Balaban J connectivity index is 2.16. The van der Waals surface area contributed by atoms with Crippen molar-refractivity contribution in [3.8, 4) is 0 Å². The lowest BCUT2D eigenvalue weighted by atomic mass is 9.87. The molecule has 8 nitrogen and oxygen atoms in total. The fraction of sp³-hybridized carbons (Fsp3) is 0.552. The van der Waals surface area contributed by atoms with E-state index in [1.807, 2.05) is 6.08 Å². The van der Waals surface area contributed by atoms with Gasteiger partial charge in [0.05, 0.1) is 11.3 Å². The molecule has 3 rings (SSSR count). The molecular weight excluding hydrogens is 498 g/mol. The predicted octanol–water partition coefficient (Wildman–Crippen LogP) is 5.55. The number of nitrogens with one attached hydrogen (secondary N) is 1. The smallest absolute Gasteiger partial charge is 0.281 e. The summed E-state index contributed by atoms with van der Waals surface area (Å²) in [4.78, 5) is 24.8. The van der Waals surface area contributed by atoms with Crippen molar-refractivity contribution in [2.45, 2.75) is 90.6 Å². The standard InChI is InChI=1S/C29H43N5O3S/c1-19(2)12-9-10-13-21-16-22(27(35)33-38(36,37)24-15-11-14-23(30)31-24)26(32-25(21)28(4,5)6)34-18-20(3)17-29(34,7)8/h10-11,13-16,19-20H,9,12,17-18H2,1-8H3,(H2,30,31)(H,33,35)/t20-/m0/s1. The van der Waals surface area contributed by atoms with Crippen LogP contribution in [0, 0.1) is 11.8 Å². The molecule has 3 N–H and O–H groups in total. The van der Waals surface area contributed by atoms with Crippen molar-refractivity contribution in [3.63, 3.8) is 0 Å². The molecule has 2 aromatic rings. The molecule has 1 fully saturated rings. The molecule has 208 valence electrons. The molecule has 0 aliphatic carbocycles. The second-order valence-electron chi connectivity index (χ2n) is 12.5. The van der Waals surface area contributed by atoms with Gasteiger partial charge in [-0.1, -0.05) is 59.8 Å². The lowest BCUT2D eigenvalue weighted by Gasteiger charge is -2.35. The number of aromatic nitrogens is 2. The zero-order chi connectivity index (χ0) is 28.5. The van der Waals surface area contributed by atoms with Gasteiger partial charge >= 0.3 is 0 Å². The number of hydrogen-bond donors (Lipinski definition) is 2. The van der Waals surface area contributed by atoms with Gasteiger partial charge in [-0.3, -0.25) is 4.79 Å². The van der Waals surface area contributed by atoms with Crippen molar-refractivity contribution in [2.24, 2.45) is 11.8 Å². The van der Waals surface area contributed by atoms with Gasteiger partial charge in [-0.05, 0) is 68.7 Å². The minimum Gasteiger partial charge on any atom is -0.384 e. The Kier molecular flexibility index (Phi) is 8.61. The van der Waals surface area contributed by atoms with Crippen LogP contribution in [-0.4, -0.2) is 36.4 Å². The van der Waals surface area contributed by atoms with Gasteiger partial charge < -0.3 is 10.6 Å². The SMILES string of the molecule is CC(C)CCC=Cc1cc(C(=O)NS(=O)(=O)c2cccc(N)n2)c(N2C[C@@H](C)CC2(C)C)nc1C(C)(C)C. The van der Waals surface area contributed by atoms with Gasteiger partial charge in [-0.2, -0.15) is 8.42 Å². The van der Waals surface area contributed by atoms with Crippen LogP contribution in [-0.2, 0) is 15.4 Å². The monoisotopic (exact) mass is 541 g/mol. The van der Waals surface area contributed by atoms with E-state index in [2.05, 4.69) is 76.1 Å². The van der Waals surface area contributed by atoms with E-state index >= 15 is 0 Å². The van der Waals surface area contributed by atoms with E-state index < -0.39 is 15.9 Å². The maximum atomic E-state index is 13.7. The van der Waals surface area contributed by atoms with Crippen molar-refractivity contribution in [1.29, 1.82) is 0 Å². The lowest BCUT2D eigenvalue weighted by Crippen LogP contribution is -2.41. The van der Waals surface area contributed by atoms with E-state index in [4.69, 9.17) is 10.7 Å². The first-order chi connectivity index (χ1) is 17.5. The number of allylic oxidation sites excluding steroid dienone is 1. The first-order valence-corrected chi connectivity index (χ1v) is 14.8. The van der Waals surface area contributed by atoms with Crippen molar-refractivity contribution in [1.82, 2.24) is 14.7 Å². The van der Waals surface area contributed by atoms with Gasteiger partial charge in [-0.25, -0.2) is 14.7 Å². The molecule has 38 heavy (non-hydrogen) atoms. The van der Waals surface area contributed by atoms with Gasteiger partial charge in [-0.15, -0.1) is 0 Å². The molecule has 3 heterocycles. The number of amides is 1. The van der Waals surface area contributed by atoms with Crippen molar-refractivity contribution in [3.05, 3.63) is 47.2 Å². The number of nitrogens with zero attached hydrogens (tertiary/aromatic N) is 3. The normalized spacial score (nSPS) is 17.9. The first-order valence-electron chi connectivity index (χ1n) is 13.3. The van der Waals surface area contributed by atoms with Crippen LogP contribution in [0.15, 0.2) is 35.4 Å². The van der Waals surface area contributed by atoms with E-state index in [0.717, 1.165) is 37.1 Å². The van der Waals surface area contributed by atoms with Crippen molar-refractivity contribution in [2.75, 3.05) is 17.2 Å². The summed E-state index contributed by atoms with van der Waals surface area (Å²) in [6.45, 7) is 17.8. The minimum atomic E-state index is -4.25. The Morgan fingerprint density at radius 3 is 2.50 bits per heavy atom. The molecule has 1 amide bonds. The van der Waals surface area contributed by atoms with Crippen LogP contribution in [0.4, 0.5) is 11.6 Å². The summed E-state index contributed by atoms with van der Waals surface area (Å²) in [5.41, 5.74) is 7.03. The van der Waals surface area contributed by atoms with Crippen LogP contribution in [0.3, 0.4) is 0 Å². The molecule has 1 saturated heterocycles. The van der Waals surface area contributed by atoms with E-state index in [1.165, 1.54) is 18.2 Å². The molecule has 0 bridgehead atoms. The molecule has 2 aromatic heterocycles. The maximum absolute atomic E-state index is 13.7. The van der Waals surface area contributed by atoms with E-state index in [0.29, 0.717) is 17.7 Å². The molecule has 0 spiro atoms. The molecular formula is C29H43N5O3S. The summed E-state index contributed by atoms with van der Waals surface area (Å²) in [6, 6.07) is 6.07. The number of pyridine rings is 2. The molecule has 1 atom stereocenters. The van der Waals surface area contributed by atoms with Crippen LogP contribution in [0.1, 0.15) is 96.3 Å². The second kappa shape index (κ2) is 11.0. The third kappa shape index (κ3) is 6.92. The van der Waals surface area contributed by atoms with Crippen LogP contribution < -0.4 is 15.4 Å². The van der Waals surface area contributed by atoms with Gasteiger partial charge in [0.25, 0.3) is 15.9 Å². The number of nitrogens with two attached hydrogens (primary N) is 1. The highest BCUT2D eigenvalue weighted by atomic mass is 32.2. The summed E-state index contributed by atoms with van der Waals surface area (Å²) in [7, 11) is -4.25. The Labute approximate surface area is 228 Å². The molecule has 0 radical (unpaired) electrons. The number of anilines is 2. The Hall–Kier alpha value is -2.94. The van der Waals surface area contributed by atoms with Gasteiger partial charge in [0.1, 0.15) is 11.6 Å². The second-order valence-corrected chi connectivity index (χ2v) is 14.1. The number of carbonyl (C=O) groups is 1. The first kappa shape index (κ1) is 29.6. The predicted molar refractivity (Wildman–Crippen MR) is 155 cm³/mol. The summed E-state index contributed by atoms with van der Waals surface area (Å²) in [6.07, 6.45) is 6.98. The maximum Gasteiger partial charge on any atom is 0.281 e. The average Bonchev–Trinajstić information content (AvgIpc) is 3.06. The molecule has 1 aliphatic heterocycles. The Bertz CT molecular complexity index is 1310. The molecule has 0 unspecified atom stereocenters. The fourth-order valence-electron chi connectivity index (χ4n) is 5.03. The largest absolute Gasteiger partial charge is 0.384 e.